The molecule has 0 aromatic carbocycles. The van der Waals surface area contributed by atoms with Crippen LogP contribution in [0.15, 0.2) is 22.9 Å². The molecule has 0 bridgehead atoms. The summed E-state index contributed by atoms with van der Waals surface area (Å²) in [5.41, 5.74) is 0.934. The van der Waals surface area contributed by atoms with Gasteiger partial charge in [0.25, 0.3) is 0 Å². The summed E-state index contributed by atoms with van der Waals surface area (Å²) >= 11 is 3.33. The van der Waals surface area contributed by atoms with Gasteiger partial charge in [-0.2, -0.15) is 0 Å². The van der Waals surface area contributed by atoms with Crippen molar-refractivity contribution in [2.24, 2.45) is 0 Å². The second kappa shape index (κ2) is 4.19. The van der Waals surface area contributed by atoms with Crippen LogP contribution < -0.4 is 0 Å². The molecule has 1 atom stereocenters. The van der Waals surface area contributed by atoms with Crippen LogP contribution in [0.4, 0.5) is 0 Å². The van der Waals surface area contributed by atoms with E-state index in [0.29, 0.717) is 19.6 Å². The number of hydrogen-bond donors (Lipinski definition) is 0. The Labute approximate surface area is 90.6 Å². The molecule has 1 aliphatic heterocycles. The van der Waals surface area contributed by atoms with Crippen LogP contribution in [0.25, 0.3) is 0 Å². The third-order valence-corrected chi connectivity index (χ3v) is 2.73. The molecule has 0 radical (unpaired) electrons. The maximum Gasteiger partial charge on any atom is 0.145 e. The van der Waals surface area contributed by atoms with Gasteiger partial charge in [0.1, 0.15) is 5.78 Å². The molecule has 4 heteroatoms. The average molecular weight is 256 g/mol. The maximum absolute atomic E-state index is 11.6. The van der Waals surface area contributed by atoms with Crippen LogP contribution >= 0.6 is 15.9 Å². The van der Waals surface area contributed by atoms with Gasteiger partial charge in [-0.15, -0.1) is 0 Å². The first-order valence-electron chi connectivity index (χ1n) is 4.48. The van der Waals surface area contributed by atoms with Crippen molar-refractivity contribution < 1.29 is 9.53 Å². The number of hydrogen-bond acceptors (Lipinski definition) is 3. The molecule has 0 saturated carbocycles. The van der Waals surface area contributed by atoms with Crippen LogP contribution in [0.1, 0.15) is 17.9 Å². The largest absolute Gasteiger partial charge is 0.380 e. The summed E-state index contributed by atoms with van der Waals surface area (Å²) in [6.07, 6.45) is 3.94. The van der Waals surface area contributed by atoms with Crippen LogP contribution in [-0.4, -0.2) is 24.0 Å². The Balaban J connectivity index is 2.24. The van der Waals surface area contributed by atoms with E-state index in [1.54, 1.807) is 12.4 Å². The van der Waals surface area contributed by atoms with Crippen LogP contribution in [0.3, 0.4) is 0 Å². The SMILES string of the molecule is O=C1CCOCC1c1cncc(Br)c1. The van der Waals surface area contributed by atoms with Gasteiger partial charge in [0.15, 0.2) is 0 Å². The fourth-order valence-corrected chi connectivity index (χ4v) is 1.92. The second-order valence-electron chi connectivity index (χ2n) is 3.28. The van der Waals surface area contributed by atoms with Gasteiger partial charge in [0.2, 0.25) is 0 Å². The Morgan fingerprint density at radius 1 is 1.50 bits per heavy atom. The van der Waals surface area contributed by atoms with Crippen molar-refractivity contribution in [2.45, 2.75) is 12.3 Å². The molecule has 74 valence electrons. The van der Waals surface area contributed by atoms with E-state index in [1.807, 2.05) is 6.07 Å². The zero-order valence-electron chi connectivity index (χ0n) is 7.57. The van der Waals surface area contributed by atoms with Gasteiger partial charge >= 0.3 is 0 Å². The molecule has 3 nitrogen and oxygen atoms in total. The number of aromatic nitrogens is 1. The van der Waals surface area contributed by atoms with E-state index < -0.39 is 0 Å². The van der Waals surface area contributed by atoms with E-state index in [9.17, 15) is 4.79 Å². The van der Waals surface area contributed by atoms with E-state index >= 15 is 0 Å². The quantitative estimate of drug-likeness (QED) is 0.770. The molecule has 0 amide bonds. The summed E-state index contributed by atoms with van der Waals surface area (Å²) in [6.45, 7) is 1.04. The number of rotatable bonds is 1. The molecule has 1 aliphatic rings. The van der Waals surface area contributed by atoms with Crippen LogP contribution in [-0.2, 0) is 9.53 Å². The van der Waals surface area contributed by atoms with Crippen molar-refractivity contribution >= 4 is 21.7 Å². The molecule has 2 rings (SSSR count). The lowest BCUT2D eigenvalue weighted by Gasteiger charge is -2.20. The summed E-state index contributed by atoms with van der Waals surface area (Å²) in [4.78, 5) is 15.6. The van der Waals surface area contributed by atoms with E-state index in [2.05, 4.69) is 20.9 Å². The normalized spacial score (nSPS) is 22.4. The molecule has 1 saturated heterocycles. The van der Waals surface area contributed by atoms with Gasteiger partial charge < -0.3 is 4.74 Å². The molecule has 1 fully saturated rings. The lowest BCUT2D eigenvalue weighted by atomic mass is 9.94. The van der Waals surface area contributed by atoms with E-state index in [4.69, 9.17) is 4.74 Å². The highest BCUT2D eigenvalue weighted by Crippen LogP contribution is 2.23. The molecule has 14 heavy (non-hydrogen) atoms. The summed E-state index contributed by atoms with van der Waals surface area (Å²) in [5.74, 6) is 0.116. The molecule has 0 aliphatic carbocycles. The summed E-state index contributed by atoms with van der Waals surface area (Å²) in [5, 5.41) is 0. The first kappa shape index (κ1) is 9.80. The minimum absolute atomic E-state index is 0.131. The van der Waals surface area contributed by atoms with Crippen LogP contribution in [0.5, 0.6) is 0 Å². The summed E-state index contributed by atoms with van der Waals surface area (Å²) in [6, 6.07) is 1.92. The molecule has 2 heterocycles. The number of halogens is 1. The summed E-state index contributed by atoms with van der Waals surface area (Å²) < 4.78 is 6.18. The van der Waals surface area contributed by atoms with Gasteiger partial charge in [0.05, 0.1) is 19.1 Å². The highest BCUT2D eigenvalue weighted by Gasteiger charge is 2.24. The Bertz CT molecular complexity index is 354. The minimum atomic E-state index is -0.131. The van der Waals surface area contributed by atoms with Gasteiger partial charge in [-0.1, -0.05) is 0 Å². The zero-order chi connectivity index (χ0) is 9.97. The molecule has 0 N–H and O–H groups in total. The standard InChI is InChI=1S/C10H10BrNO2/c11-8-3-7(4-12-5-8)9-6-14-2-1-10(9)13/h3-5,9H,1-2,6H2. The van der Waals surface area contributed by atoms with Crippen molar-refractivity contribution in [3.05, 3.63) is 28.5 Å². The third-order valence-electron chi connectivity index (χ3n) is 2.29. The minimum Gasteiger partial charge on any atom is -0.380 e. The first-order chi connectivity index (χ1) is 6.77. The maximum atomic E-state index is 11.6. The lowest BCUT2D eigenvalue weighted by Crippen LogP contribution is -2.25. The Kier molecular flexibility index (Phi) is 2.93. The van der Waals surface area contributed by atoms with Crippen molar-refractivity contribution in [1.29, 1.82) is 0 Å². The van der Waals surface area contributed by atoms with Gasteiger partial charge in [0, 0.05) is 23.3 Å². The van der Waals surface area contributed by atoms with Gasteiger partial charge in [-0.25, -0.2) is 0 Å². The molecule has 0 spiro atoms. The molecular formula is C10H10BrNO2. The number of ketones is 1. The van der Waals surface area contributed by atoms with Crippen LogP contribution in [0, 0.1) is 0 Å². The average Bonchev–Trinajstić information content (AvgIpc) is 2.18. The molecule has 1 aromatic rings. The van der Waals surface area contributed by atoms with Crippen LogP contribution in [0.2, 0.25) is 0 Å². The number of carbonyl (C=O) groups excluding carboxylic acids is 1. The van der Waals surface area contributed by atoms with Gasteiger partial charge in [-0.3, -0.25) is 9.78 Å². The van der Waals surface area contributed by atoms with Gasteiger partial charge in [-0.05, 0) is 27.6 Å². The van der Waals surface area contributed by atoms with E-state index in [1.165, 1.54) is 0 Å². The topological polar surface area (TPSA) is 39.2 Å². The molecule has 1 aromatic heterocycles. The zero-order valence-corrected chi connectivity index (χ0v) is 9.16. The fraction of sp³-hybridized carbons (Fsp3) is 0.400. The predicted molar refractivity (Wildman–Crippen MR) is 55.1 cm³/mol. The number of ether oxygens (including phenoxy) is 1. The number of carbonyl (C=O) groups is 1. The monoisotopic (exact) mass is 255 g/mol. The van der Waals surface area contributed by atoms with E-state index in [0.717, 1.165) is 10.0 Å². The van der Waals surface area contributed by atoms with Crippen molar-refractivity contribution in [2.75, 3.05) is 13.2 Å². The Morgan fingerprint density at radius 2 is 2.36 bits per heavy atom. The number of pyridine rings is 1. The smallest absolute Gasteiger partial charge is 0.145 e. The first-order valence-corrected chi connectivity index (χ1v) is 5.27. The van der Waals surface area contributed by atoms with E-state index in [-0.39, 0.29) is 11.7 Å². The number of Topliss-reactive ketones (excluding diaryl/α,β-unsaturated/α-hetero) is 1. The van der Waals surface area contributed by atoms with Crippen molar-refractivity contribution in [3.63, 3.8) is 0 Å². The summed E-state index contributed by atoms with van der Waals surface area (Å²) in [7, 11) is 0. The molecular weight excluding hydrogens is 246 g/mol. The molecule has 1 unspecified atom stereocenters. The van der Waals surface area contributed by atoms with Crippen molar-refractivity contribution in [1.82, 2.24) is 4.98 Å². The Hall–Kier alpha value is -0.740. The highest BCUT2D eigenvalue weighted by atomic mass is 79.9. The lowest BCUT2D eigenvalue weighted by molar-refractivity contribution is -0.126. The Morgan fingerprint density at radius 3 is 3.07 bits per heavy atom. The fourth-order valence-electron chi connectivity index (χ4n) is 1.54. The third kappa shape index (κ3) is 2.01. The van der Waals surface area contributed by atoms with Crippen molar-refractivity contribution in [3.8, 4) is 0 Å². The second-order valence-corrected chi connectivity index (χ2v) is 4.20. The highest BCUT2D eigenvalue weighted by molar-refractivity contribution is 9.10. The predicted octanol–water partition coefficient (Wildman–Crippen LogP) is 1.92. The number of nitrogens with zero attached hydrogens (tertiary/aromatic N) is 1.